The van der Waals surface area contributed by atoms with Crippen molar-refractivity contribution in [3.8, 4) is 0 Å². The molecule has 2 unspecified atom stereocenters. The first kappa shape index (κ1) is 9.17. The summed E-state index contributed by atoms with van der Waals surface area (Å²) in [5.41, 5.74) is 0. The predicted molar refractivity (Wildman–Crippen MR) is 54.2 cm³/mol. The Morgan fingerprint density at radius 3 is 1.36 bits per heavy atom. The van der Waals surface area contributed by atoms with Crippen molar-refractivity contribution < 1.29 is 9.47 Å². The van der Waals surface area contributed by atoms with Gasteiger partial charge in [-0.3, -0.25) is 0 Å². The van der Waals surface area contributed by atoms with Crippen LogP contribution in [0.3, 0.4) is 0 Å². The molecule has 14 heavy (non-hydrogen) atoms. The van der Waals surface area contributed by atoms with Gasteiger partial charge >= 0.3 is 0 Å². The van der Waals surface area contributed by atoms with E-state index in [1.54, 1.807) is 0 Å². The van der Waals surface area contributed by atoms with Crippen LogP contribution in [0.2, 0.25) is 0 Å². The normalized spacial score (nSPS) is 46.3. The van der Waals surface area contributed by atoms with Crippen molar-refractivity contribution in [3.05, 3.63) is 0 Å². The minimum Gasteiger partial charge on any atom is -0.373 e. The van der Waals surface area contributed by atoms with Crippen LogP contribution in [0.4, 0.5) is 0 Å². The lowest BCUT2D eigenvalue weighted by atomic mass is 9.78. The van der Waals surface area contributed by atoms with Crippen molar-refractivity contribution in [1.82, 2.24) is 0 Å². The van der Waals surface area contributed by atoms with E-state index in [2.05, 4.69) is 0 Å². The largest absolute Gasteiger partial charge is 0.373 e. The van der Waals surface area contributed by atoms with Crippen LogP contribution in [-0.4, -0.2) is 25.4 Å². The summed E-state index contributed by atoms with van der Waals surface area (Å²) in [5, 5.41) is 0. The molecular formula is C12H20O2. The van der Waals surface area contributed by atoms with E-state index in [0.29, 0.717) is 12.2 Å². The van der Waals surface area contributed by atoms with Crippen LogP contribution in [0, 0.1) is 11.8 Å². The summed E-state index contributed by atoms with van der Waals surface area (Å²) in [6, 6.07) is 0. The van der Waals surface area contributed by atoms with Crippen LogP contribution >= 0.6 is 0 Å². The highest BCUT2D eigenvalue weighted by Gasteiger charge is 2.32. The molecule has 2 heterocycles. The number of rotatable bonds is 4. The second-order valence-corrected chi connectivity index (χ2v) is 5.27. The zero-order valence-corrected chi connectivity index (χ0v) is 8.78. The van der Waals surface area contributed by atoms with Crippen molar-refractivity contribution in [1.29, 1.82) is 0 Å². The number of hydrogen-bond donors (Lipinski definition) is 0. The summed E-state index contributed by atoms with van der Waals surface area (Å²) in [6.45, 7) is 2.08. The second-order valence-electron chi connectivity index (χ2n) is 5.27. The Bertz CT molecular complexity index is 166. The molecule has 3 aliphatic rings. The van der Waals surface area contributed by atoms with E-state index >= 15 is 0 Å². The number of hydrogen-bond acceptors (Lipinski definition) is 2. The molecule has 2 saturated heterocycles. The molecule has 1 aliphatic carbocycles. The molecule has 2 aliphatic heterocycles. The Labute approximate surface area is 86.0 Å². The lowest BCUT2D eigenvalue weighted by molar-refractivity contribution is 0.222. The highest BCUT2D eigenvalue weighted by Crippen LogP contribution is 2.37. The van der Waals surface area contributed by atoms with Crippen LogP contribution in [-0.2, 0) is 9.47 Å². The average Bonchev–Trinajstić information content (AvgIpc) is 3.02. The molecule has 2 atom stereocenters. The van der Waals surface area contributed by atoms with Crippen molar-refractivity contribution >= 4 is 0 Å². The molecule has 0 radical (unpaired) electrons. The quantitative estimate of drug-likeness (QED) is 0.645. The highest BCUT2D eigenvalue weighted by atomic mass is 16.6. The molecule has 3 fully saturated rings. The molecule has 80 valence electrons. The van der Waals surface area contributed by atoms with Crippen LogP contribution < -0.4 is 0 Å². The maximum absolute atomic E-state index is 5.29. The van der Waals surface area contributed by atoms with E-state index in [4.69, 9.17) is 9.47 Å². The third kappa shape index (κ3) is 2.48. The Hall–Kier alpha value is -0.0800. The third-order valence-corrected chi connectivity index (χ3v) is 3.96. The Morgan fingerprint density at radius 2 is 1.07 bits per heavy atom. The van der Waals surface area contributed by atoms with Gasteiger partial charge in [0.2, 0.25) is 0 Å². The van der Waals surface area contributed by atoms with Gasteiger partial charge in [0.1, 0.15) is 0 Å². The maximum Gasteiger partial charge on any atom is 0.0812 e. The summed E-state index contributed by atoms with van der Waals surface area (Å²) in [7, 11) is 0. The Balaban J connectivity index is 1.37. The standard InChI is InChI=1S/C12H20O2/c1-2-10(6-12-8-14-12)4-3-9(1)5-11-7-13-11/h9-12H,1-8H2. The van der Waals surface area contributed by atoms with Crippen LogP contribution in [0.25, 0.3) is 0 Å². The first-order chi connectivity index (χ1) is 6.90. The van der Waals surface area contributed by atoms with Gasteiger partial charge in [-0.1, -0.05) is 25.7 Å². The van der Waals surface area contributed by atoms with Gasteiger partial charge in [-0.2, -0.15) is 0 Å². The van der Waals surface area contributed by atoms with E-state index < -0.39 is 0 Å². The summed E-state index contributed by atoms with van der Waals surface area (Å²) < 4.78 is 10.6. The van der Waals surface area contributed by atoms with Crippen molar-refractivity contribution in [2.45, 2.75) is 50.7 Å². The van der Waals surface area contributed by atoms with Crippen molar-refractivity contribution in [3.63, 3.8) is 0 Å². The lowest BCUT2D eigenvalue weighted by Gasteiger charge is -2.27. The molecule has 3 rings (SSSR count). The number of epoxide rings is 2. The zero-order chi connectivity index (χ0) is 9.38. The van der Waals surface area contributed by atoms with Crippen molar-refractivity contribution in [2.24, 2.45) is 11.8 Å². The maximum atomic E-state index is 5.29. The van der Waals surface area contributed by atoms with Crippen LogP contribution in [0.15, 0.2) is 0 Å². The summed E-state index contributed by atoms with van der Waals surface area (Å²) in [4.78, 5) is 0. The average molecular weight is 196 g/mol. The second kappa shape index (κ2) is 3.82. The van der Waals surface area contributed by atoms with Gasteiger partial charge < -0.3 is 9.47 Å². The first-order valence-electron chi connectivity index (χ1n) is 6.13. The Morgan fingerprint density at radius 1 is 0.714 bits per heavy atom. The fourth-order valence-electron chi connectivity index (χ4n) is 2.85. The molecule has 2 nitrogen and oxygen atoms in total. The molecule has 0 spiro atoms. The van der Waals surface area contributed by atoms with E-state index in [9.17, 15) is 0 Å². The van der Waals surface area contributed by atoms with Gasteiger partial charge in [0.05, 0.1) is 25.4 Å². The molecule has 0 aromatic carbocycles. The van der Waals surface area contributed by atoms with Gasteiger partial charge in [0, 0.05) is 0 Å². The summed E-state index contributed by atoms with van der Waals surface area (Å²) in [6.07, 6.45) is 9.73. The molecule has 0 bridgehead atoms. The monoisotopic (exact) mass is 196 g/mol. The van der Waals surface area contributed by atoms with Gasteiger partial charge in [-0.25, -0.2) is 0 Å². The highest BCUT2D eigenvalue weighted by molar-refractivity contribution is 4.82. The molecule has 0 aromatic rings. The molecule has 0 N–H and O–H groups in total. The van der Waals surface area contributed by atoms with E-state index in [-0.39, 0.29) is 0 Å². The first-order valence-corrected chi connectivity index (χ1v) is 6.13. The predicted octanol–water partition coefficient (Wildman–Crippen LogP) is 2.37. The van der Waals surface area contributed by atoms with Gasteiger partial charge in [-0.15, -0.1) is 0 Å². The van der Waals surface area contributed by atoms with Crippen molar-refractivity contribution in [2.75, 3.05) is 13.2 Å². The van der Waals surface area contributed by atoms with Crippen LogP contribution in [0.1, 0.15) is 38.5 Å². The number of ether oxygens (including phenoxy) is 2. The van der Waals surface area contributed by atoms with E-state index in [1.165, 1.54) is 38.5 Å². The summed E-state index contributed by atoms with van der Waals surface area (Å²) >= 11 is 0. The molecule has 1 saturated carbocycles. The minimum atomic E-state index is 0.642. The molecular weight excluding hydrogens is 176 g/mol. The SMILES string of the molecule is C1CC(CC2CO2)CCC1CC1CO1. The van der Waals surface area contributed by atoms with Gasteiger partial charge in [-0.05, 0) is 24.7 Å². The van der Waals surface area contributed by atoms with Gasteiger partial charge in [0.25, 0.3) is 0 Å². The fraction of sp³-hybridized carbons (Fsp3) is 1.00. The zero-order valence-electron chi connectivity index (χ0n) is 8.78. The van der Waals surface area contributed by atoms with Crippen LogP contribution in [0.5, 0.6) is 0 Å². The fourth-order valence-corrected chi connectivity index (χ4v) is 2.85. The van der Waals surface area contributed by atoms with E-state index in [0.717, 1.165) is 25.0 Å². The molecule has 0 aromatic heterocycles. The lowest BCUT2D eigenvalue weighted by Crippen LogP contribution is -2.17. The Kier molecular flexibility index (Phi) is 2.50. The summed E-state index contributed by atoms with van der Waals surface area (Å²) in [5.74, 6) is 1.94. The topological polar surface area (TPSA) is 25.1 Å². The van der Waals surface area contributed by atoms with E-state index in [1.807, 2.05) is 0 Å². The third-order valence-electron chi connectivity index (χ3n) is 3.96. The molecule has 2 heteroatoms. The smallest absolute Gasteiger partial charge is 0.0812 e. The van der Waals surface area contributed by atoms with Gasteiger partial charge in [0.15, 0.2) is 0 Å². The molecule has 0 amide bonds. The minimum absolute atomic E-state index is 0.642.